The molecule has 0 bridgehead atoms. The Hall–Kier alpha value is -1.16. The Labute approximate surface area is 109 Å². The van der Waals surface area contributed by atoms with Crippen molar-refractivity contribution in [3.05, 3.63) is 11.6 Å². The summed E-state index contributed by atoms with van der Waals surface area (Å²) >= 11 is 0. The molecule has 1 aliphatic rings. The first-order valence-corrected chi connectivity index (χ1v) is 6.50. The van der Waals surface area contributed by atoms with Crippen LogP contribution in [0, 0.1) is 6.92 Å². The molecule has 0 spiro atoms. The average molecular weight is 252 g/mol. The summed E-state index contributed by atoms with van der Waals surface area (Å²) in [7, 11) is 0. The van der Waals surface area contributed by atoms with Crippen molar-refractivity contribution in [2.75, 3.05) is 0 Å². The van der Waals surface area contributed by atoms with Crippen molar-refractivity contribution < 1.29 is 10.2 Å². The van der Waals surface area contributed by atoms with Crippen LogP contribution in [0.5, 0.6) is 11.8 Å². The Morgan fingerprint density at radius 1 is 1.17 bits per heavy atom. The molecule has 18 heavy (non-hydrogen) atoms. The number of rotatable bonds is 1. The fourth-order valence-corrected chi connectivity index (χ4v) is 3.44. The Morgan fingerprint density at radius 3 is 2.06 bits per heavy atom. The maximum atomic E-state index is 10.1. The van der Waals surface area contributed by atoms with Gasteiger partial charge in [0.1, 0.15) is 0 Å². The predicted octanol–water partition coefficient (Wildman–Crippen LogP) is 2.69. The van der Waals surface area contributed by atoms with Crippen LogP contribution in [0.4, 0.5) is 0 Å². The lowest BCUT2D eigenvalue weighted by Gasteiger charge is -2.47. The van der Waals surface area contributed by atoms with E-state index in [1.807, 2.05) is 6.92 Å². The predicted molar refractivity (Wildman–Crippen MR) is 72.1 cm³/mol. The van der Waals surface area contributed by atoms with Gasteiger partial charge in [-0.15, -0.1) is 0 Å². The number of hydrogen-bond donors (Lipinski definition) is 3. The summed E-state index contributed by atoms with van der Waals surface area (Å²) in [4.78, 5) is 0. The van der Waals surface area contributed by atoms with Crippen LogP contribution in [-0.2, 0) is 0 Å². The zero-order valence-corrected chi connectivity index (χ0v) is 11.9. The monoisotopic (exact) mass is 252 g/mol. The van der Waals surface area contributed by atoms with Gasteiger partial charge in [0.2, 0.25) is 0 Å². The molecule has 0 aliphatic carbocycles. The highest BCUT2D eigenvalue weighted by atomic mass is 16.3. The van der Waals surface area contributed by atoms with E-state index in [-0.39, 0.29) is 28.9 Å². The quantitative estimate of drug-likeness (QED) is 0.720. The van der Waals surface area contributed by atoms with E-state index < -0.39 is 0 Å². The Morgan fingerprint density at radius 2 is 1.67 bits per heavy atom. The van der Waals surface area contributed by atoms with Gasteiger partial charge in [-0.25, -0.2) is 0 Å². The zero-order valence-electron chi connectivity index (χ0n) is 11.9. The minimum Gasteiger partial charge on any atom is -0.494 e. The molecule has 0 saturated carbocycles. The molecule has 4 heteroatoms. The van der Waals surface area contributed by atoms with E-state index >= 15 is 0 Å². The van der Waals surface area contributed by atoms with Gasteiger partial charge in [0.25, 0.3) is 0 Å². The summed E-state index contributed by atoms with van der Waals surface area (Å²) < 4.78 is 1.67. The first kappa shape index (κ1) is 13.3. The minimum absolute atomic E-state index is 0.0104. The van der Waals surface area contributed by atoms with Crippen molar-refractivity contribution in [3.63, 3.8) is 0 Å². The van der Waals surface area contributed by atoms with Crippen LogP contribution >= 0.6 is 0 Å². The normalized spacial score (nSPS) is 23.2. The highest BCUT2D eigenvalue weighted by Gasteiger charge is 2.39. The second kappa shape index (κ2) is 3.92. The summed E-state index contributed by atoms with van der Waals surface area (Å²) in [5, 5.41) is 23.7. The SMILES string of the molecule is Cc1cc(O)n(C2CC(C)(C)NC(C)(C)C2)c1O. The third-order valence-electron chi connectivity index (χ3n) is 3.71. The lowest BCUT2D eigenvalue weighted by Crippen LogP contribution is -2.57. The molecule has 1 fully saturated rings. The van der Waals surface area contributed by atoms with E-state index in [4.69, 9.17) is 0 Å². The summed E-state index contributed by atoms with van der Waals surface area (Å²) in [6.07, 6.45) is 1.76. The highest BCUT2D eigenvalue weighted by molar-refractivity contribution is 5.35. The average Bonchev–Trinajstić information content (AvgIpc) is 2.35. The summed E-state index contributed by atoms with van der Waals surface area (Å²) in [5.74, 6) is 0.342. The lowest BCUT2D eigenvalue weighted by molar-refractivity contribution is 0.123. The van der Waals surface area contributed by atoms with Gasteiger partial charge in [0, 0.05) is 28.7 Å². The van der Waals surface area contributed by atoms with E-state index in [1.54, 1.807) is 10.6 Å². The van der Waals surface area contributed by atoms with E-state index in [1.165, 1.54) is 0 Å². The van der Waals surface area contributed by atoms with E-state index in [0.29, 0.717) is 0 Å². The summed E-state index contributed by atoms with van der Waals surface area (Å²) in [6.45, 7) is 10.4. The summed E-state index contributed by atoms with van der Waals surface area (Å²) in [6, 6.07) is 1.74. The maximum Gasteiger partial charge on any atom is 0.197 e. The fraction of sp³-hybridized carbons (Fsp3) is 0.714. The standard InChI is InChI=1S/C14H24N2O2/c1-9-6-11(17)16(12(9)18)10-7-13(2,3)15-14(4,5)8-10/h6,10,15,17-18H,7-8H2,1-5H3. The van der Waals surface area contributed by atoms with Crippen LogP contribution in [0.2, 0.25) is 0 Å². The van der Waals surface area contributed by atoms with E-state index in [2.05, 4.69) is 33.0 Å². The molecule has 0 radical (unpaired) electrons. The topological polar surface area (TPSA) is 57.4 Å². The number of nitrogens with one attached hydrogen (secondary N) is 1. The number of aromatic hydroxyl groups is 2. The van der Waals surface area contributed by atoms with Crippen molar-refractivity contribution in [2.24, 2.45) is 0 Å². The van der Waals surface area contributed by atoms with Crippen LogP contribution < -0.4 is 5.32 Å². The van der Waals surface area contributed by atoms with Gasteiger partial charge in [0.15, 0.2) is 11.8 Å². The number of nitrogens with zero attached hydrogens (tertiary/aromatic N) is 1. The molecule has 102 valence electrons. The molecule has 2 heterocycles. The molecule has 2 rings (SSSR count). The smallest absolute Gasteiger partial charge is 0.197 e. The molecular formula is C14H24N2O2. The lowest BCUT2D eigenvalue weighted by atomic mass is 9.79. The van der Waals surface area contributed by atoms with Crippen molar-refractivity contribution in [3.8, 4) is 11.8 Å². The van der Waals surface area contributed by atoms with Gasteiger partial charge in [-0.3, -0.25) is 4.57 Å². The van der Waals surface area contributed by atoms with Gasteiger partial charge in [0.05, 0.1) is 0 Å². The van der Waals surface area contributed by atoms with Crippen LogP contribution in [0.25, 0.3) is 0 Å². The molecule has 0 aromatic carbocycles. The van der Waals surface area contributed by atoms with Gasteiger partial charge >= 0.3 is 0 Å². The van der Waals surface area contributed by atoms with Crippen molar-refractivity contribution in [2.45, 2.75) is 64.6 Å². The van der Waals surface area contributed by atoms with Crippen LogP contribution in [0.3, 0.4) is 0 Å². The highest BCUT2D eigenvalue weighted by Crippen LogP contribution is 2.41. The van der Waals surface area contributed by atoms with E-state index in [9.17, 15) is 10.2 Å². The molecule has 4 nitrogen and oxygen atoms in total. The third-order valence-corrected chi connectivity index (χ3v) is 3.71. The van der Waals surface area contributed by atoms with Crippen LogP contribution in [0.1, 0.15) is 52.1 Å². The molecule has 1 aromatic rings. The first-order valence-electron chi connectivity index (χ1n) is 6.50. The maximum absolute atomic E-state index is 10.1. The van der Waals surface area contributed by atoms with Crippen LogP contribution in [0.15, 0.2) is 6.07 Å². The number of aryl methyl sites for hydroxylation is 1. The van der Waals surface area contributed by atoms with Crippen molar-refractivity contribution >= 4 is 0 Å². The van der Waals surface area contributed by atoms with Gasteiger partial charge in [-0.2, -0.15) is 0 Å². The second-order valence-electron chi connectivity index (χ2n) is 6.83. The molecule has 0 atom stereocenters. The van der Waals surface area contributed by atoms with Crippen molar-refractivity contribution in [1.82, 2.24) is 9.88 Å². The number of aromatic nitrogens is 1. The Kier molecular flexibility index (Phi) is 2.89. The molecule has 1 aliphatic heterocycles. The van der Waals surface area contributed by atoms with Gasteiger partial charge < -0.3 is 15.5 Å². The summed E-state index contributed by atoms with van der Waals surface area (Å²) in [5.41, 5.74) is 0.703. The number of hydrogen-bond acceptors (Lipinski definition) is 3. The Balaban J connectivity index is 2.38. The fourth-order valence-electron chi connectivity index (χ4n) is 3.44. The van der Waals surface area contributed by atoms with Crippen molar-refractivity contribution in [1.29, 1.82) is 0 Å². The third kappa shape index (κ3) is 2.34. The molecule has 1 saturated heterocycles. The largest absolute Gasteiger partial charge is 0.494 e. The van der Waals surface area contributed by atoms with Gasteiger partial charge in [-0.1, -0.05) is 0 Å². The van der Waals surface area contributed by atoms with Crippen LogP contribution in [-0.4, -0.2) is 25.9 Å². The molecular weight excluding hydrogens is 228 g/mol. The Bertz CT molecular complexity index is 445. The zero-order chi connectivity index (χ0) is 13.7. The molecule has 0 amide bonds. The molecule has 0 unspecified atom stereocenters. The first-order chi connectivity index (χ1) is 8.11. The van der Waals surface area contributed by atoms with E-state index in [0.717, 1.165) is 18.4 Å². The van der Waals surface area contributed by atoms with Gasteiger partial charge in [-0.05, 0) is 47.5 Å². The molecule has 3 N–H and O–H groups in total. The second-order valence-corrected chi connectivity index (χ2v) is 6.83. The molecule has 1 aromatic heterocycles. The minimum atomic E-state index is -0.0104. The number of piperidine rings is 1.